The van der Waals surface area contributed by atoms with E-state index in [1.807, 2.05) is 0 Å². The Balaban J connectivity index is 1.95. The Morgan fingerprint density at radius 2 is 2.19 bits per heavy atom. The molecule has 94 valence electrons. The molecule has 1 atom stereocenters. The van der Waals surface area contributed by atoms with E-state index < -0.39 is 0 Å². The molecule has 1 unspecified atom stereocenters. The fourth-order valence-corrected chi connectivity index (χ4v) is 1.53. The Labute approximate surface area is 97.9 Å². The summed E-state index contributed by atoms with van der Waals surface area (Å²) in [5.41, 5.74) is 5.74. The van der Waals surface area contributed by atoms with Gasteiger partial charge in [-0.1, -0.05) is 13.8 Å². The van der Waals surface area contributed by atoms with E-state index in [4.69, 9.17) is 10.5 Å². The molecule has 4 nitrogen and oxygen atoms in total. The monoisotopic (exact) mass is 228 g/mol. The van der Waals surface area contributed by atoms with Gasteiger partial charge in [-0.15, -0.1) is 0 Å². The lowest BCUT2D eigenvalue weighted by Gasteiger charge is -2.14. The van der Waals surface area contributed by atoms with Crippen LogP contribution in [0.3, 0.4) is 0 Å². The van der Waals surface area contributed by atoms with Gasteiger partial charge >= 0.3 is 0 Å². The first-order valence-electron chi connectivity index (χ1n) is 6.20. The van der Waals surface area contributed by atoms with Gasteiger partial charge in [-0.2, -0.15) is 0 Å². The second-order valence-corrected chi connectivity index (χ2v) is 5.05. The summed E-state index contributed by atoms with van der Waals surface area (Å²) in [4.78, 5) is 11.5. The molecule has 0 saturated heterocycles. The smallest absolute Gasteiger partial charge is 0.237 e. The van der Waals surface area contributed by atoms with Gasteiger partial charge in [0.15, 0.2) is 0 Å². The van der Waals surface area contributed by atoms with Gasteiger partial charge < -0.3 is 15.8 Å². The van der Waals surface area contributed by atoms with Crippen LogP contribution >= 0.6 is 0 Å². The van der Waals surface area contributed by atoms with E-state index in [-0.39, 0.29) is 11.9 Å². The molecule has 0 aromatic carbocycles. The summed E-state index contributed by atoms with van der Waals surface area (Å²) in [5, 5.41) is 2.79. The van der Waals surface area contributed by atoms with Crippen LogP contribution < -0.4 is 11.1 Å². The predicted molar refractivity (Wildman–Crippen MR) is 64.0 cm³/mol. The summed E-state index contributed by atoms with van der Waals surface area (Å²) in [5.74, 6) is 1.16. The van der Waals surface area contributed by atoms with Crippen molar-refractivity contribution in [3.63, 3.8) is 0 Å². The third-order valence-electron chi connectivity index (χ3n) is 2.66. The Morgan fingerprint density at radius 1 is 1.50 bits per heavy atom. The average molecular weight is 228 g/mol. The lowest BCUT2D eigenvalue weighted by molar-refractivity contribution is -0.122. The van der Waals surface area contributed by atoms with Crippen molar-refractivity contribution in [3.8, 4) is 0 Å². The molecule has 16 heavy (non-hydrogen) atoms. The summed E-state index contributed by atoms with van der Waals surface area (Å²) >= 11 is 0. The van der Waals surface area contributed by atoms with Crippen molar-refractivity contribution >= 4 is 5.91 Å². The first-order chi connectivity index (χ1) is 7.59. The van der Waals surface area contributed by atoms with Crippen molar-refractivity contribution in [1.29, 1.82) is 0 Å². The van der Waals surface area contributed by atoms with Gasteiger partial charge in [0.25, 0.3) is 0 Å². The third kappa shape index (κ3) is 6.08. The molecular formula is C12H24N2O2. The maximum absolute atomic E-state index is 11.5. The maximum Gasteiger partial charge on any atom is 0.237 e. The summed E-state index contributed by atoms with van der Waals surface area (Å²) in [7, 11) is 0. The number of hydrogen-bond acceptors (Lipinski definition) is 3. The van der Waals surface area contributed by atoms with Crippen molar-refractivity contribution < 1.29 is 9.53 Å². The van der Waals surface area contributed by atoms with Crippen molar-refractivity contribution in [2.24, 2.45) is 17.6 Å². The molecule has 1 aliphatic carbocycles. The Bertz CT molecular complexity index is 215. The Kier molecular flexibility index (Phi) is 5.77. The average Bonchev–Trinajstić information content (AvgIpc) is 2.99. The molecule has 1 fully saturated rings. The lowest BCUT2D eigenvalue weighted by atomic mass is 10.0. The number of carbonyl (C=O) groups excluding carboxylic acids is 1. The number of nitrogens with two attached hydrogens (primary N) is 1. The van der Waals surface area contributed by atoms with Crippen LogP contribution in [0.5, 0.6) is 0 Å². The summed E-state index contributed by atoms with van der Waals surface area (Å²) in [6, 6.07) is -0.386. The van der Waals surface area contributed by atoms with Crippen molar-refractivity contribution in [3.05, 3.63) is 0 Å². The zero-order valence-electron chi connectivity index (χ0n) is 10.4. The number of rotatable bonds is 8. The van der Waals surface area contributed by atoms with E-state index in [1.165, 1.54) is 12.8 Å². The van der Waals surface area contributed by atoms with Crippen LogP contribution in [0.25, 0.3) is 0 Å². The van der Waals surface area contributed by atoms with Crippen LogP contribution in [-0.2, 0) is 9.53 Å². The first kappa shape index (κ1) is 13.5. The Morgan fingerprint density at radius 3 is 2.75 bits per heavy atom. The molecule has 1 amide bonds. The molecule has 1 saturated carbocycles. The second kappa shape index (κ2) is 6.86. The highest BCUT2D eigenvalue weighted by Gasteiger charge is 2.21. The zero-order valence-corrected chi connectivity index (χ0v) is 10.4. The largest absolute Gasteiger partial charge is 0.379 e. The molecule has 0 spiro atoms. The van der Waals surface area contributed by atoms with Crippen LogP contribution in [-0.4, -0.2) is 31.7 Å². The van der Waals surface area contributed by atoms with Gasteiger partial charge in [0.05, 0.1) is 12.6 Å². The number of ether oxygens (including phenoxy) is 1. The minimum absolute atomic E-state index is 0.0660. The summed E-state index contributed by atoms with van der Waals surface area (Å²) in [6.07, 6.45) is 3.33. The van der Waals surface area contributed by atoms with Crippen LogP contribution in [0.15, 0.2) is 0 Å². The van der Waals surface area contributed by atoms with Crippen LogP contribution in [0, 0.1) is 11.8 Å². The second-order valence-electron chi connectivity index (χ2n) is 5.05. The van der Waals surface area contributed by atoms with Crippen LogP contribution in [0.4, 0.5) is 0 Å². The molecule has 0 radical (unpaired) electrons. The minimum atomic E-state index is -0.386. The molecule has 0 aromatic heterocycles. The quantitative estimate of drug-likeness (QED) is 0.607. The van der Waals surface area contributed by atoms with Gasteiger partial charge in [-0.05, 0) is 31.1 Å². The molecule has 1 aliphatic rings. The van der Waals surface area contributed by atoms with E-state index in [9.17, 15) is 4.79 Å². The zero-order chi connectivity index (χ0) is 12.0. The van der Waals surface area contributed by atoms with Crippen molar-refractivity contribution in [2.45, 2.75) is 39.2 Å². The summed E-state index contributed by atoms with van der Waals surface area (Å²) in [6.45, 7) is 6.12. The van der Waals surface area contributed by atoms with Crippen LogP contribution in [0.1, 0.15) is 33.1 Å². The molecular weight excluding hydrogens is 204 g/mol. The maximum atomic E-state index is 11.5. The highest BCUT2D eigenvalue weighted by molar-refractivity contribution is 5.81. The molecule has 0 bridgehead atoms. The standard InChI is InChI=1S/C12H24N2O2/c1-9(2)7-11(13)12(15)14-5-6-16-8-10-3-4-10/h9-11H,3-8,13H2,1-2H3,(H,14,15). The lowest BCUT2D eigenvalue weighted by Crippen LogP contribution is -2.42. The van der Waals surface area contributed by atoms with Crippen LogP contribution in [0.2, 0.25) is 0 Å². The van der Waals surface area contributed by atoms with E-state index >= 15 is 0 Å². The van der Waals surface area contributed by atoms with E-state index in [0.29, 0.717) is 19.1 Å². The topological polar surface area (TPSA) is 64.4 Å². The van der Waals surface area contributed by atoms with Gasteiger partial charge in [-0.25, -0.2) is 0 Å². The molecule has 0 heterocycles. The number of nitrogens with one attached hydrogen (secondary N) is 1. The van der Waals surface area contributed by atoms with E-state index in [1.54, 1.807) is 0 Å². The minimum Gasteiger partial charge on any atom is -0.379 e. The normalized spacial score (nSPS) is 17.5. The molecule has 4 heteroatoms. The predicted octanol–water partition coefficient (Wildman–Crippen LogP) is 0.903. The number of hydrogen-bond donors (Lipinski definition) is 2. The highest BCUT2D eigenvalue weighted by atomic mass is 16.5. The molecule has 3 N–H and O–H groups in total. The SMILES string of the molecule is CC(C)CC(N)C(=O)NCCOCC1CC1. The molecule has 0 aliphatic heterocycles. The van der Waals surface area contributed by atoms with Gasteiger partial charge in [0, 0.05) is 13.2 Å². The van der Waals surface area contributed by atoms with Gasteiger partial charge in [0.2, 0.25) is 5.91 Å². The molecule has 0 aromatic rings. The number of carbonyl (C=O) groups is 1. The number of amides is 1. The third-order valence-corrected chi connectivity index (χ3v) is 2.66. The van der Waals surface area contributed by atoms with E-state index in [2.05, 4.69) is 19.2 Å². The highest BCUT2D eigenvalue weighted by Crippen LogP contribution is 2.28. The Hall–Kier alpha value is -0.610. The van der Waals surface area contributed by atoms with Crippen molar-refractivity contribution in [2.75, 3.05) is 19.8 Å². The van der Waals surface area contributed by atoms with Gasteiger partial charge in [-0.3, -0.25) is 4.79 Å². The first-order valence-corrected chi connectivity index (χ1v) is 6.20. The molecule has 1 rings (SSSR count). The van der Waals surface area contributed by atoms with Gasteiger partial charge in [0.1, 0.15) is 0 Å². The summed E-state index contributed by atoms with van der Waals surface area (Å²) < 4.78 is 5.41. The fourth-order valence-electron chi connectivity index (χ4n) is 1.53. The van der Waals surface area contributed by atoms with E-state index in [0.717, 1.165) is 18.9 Å². The van der Waals surface area contributed by atoms with Crippen molar-refractivity contribution in [1.82, 2.24) is 5.32 Å². The fraction of sp³-hybridized carbons (Fsp3) is 0.917.